The van der Waals surface area contributed by atoms with Gasteiger partial charge in [0, 0.05) is 0 Å². The maximum absolute atomic E-state index is 13.4. The Morgan fingerprint density at radius 3 is 1.80 bits per heavy atom. The first-order chi connectivity index (χ1) is 8.72. The fraction of sp³-hybridized carbons (Fsp3) is 0.143. The Hall–Kier alpha value is -0.880. The molecule has 114 valence electrons. The minimum atomic E-state index is -5.12. The van der Waals surface area contributed by atoms with E-state index in [2.05, 4.69) is 0 Å². The molecule has 0 saturated heterocycles. The molecule has 20 heavy (non-hydrogen) atoms. The number of halogens is 1. The summed E-state index contributed by atoms with van der Waals surface area (Å²) in [5.74, 6) is -1.62. The van der Waals surface area contributed by atoms with Gasteiger partial charge in [-0.3, -0.25) is 13.7 Å². The molecule has 0 fully saturated rings. The molecule has 0 atom stereocenters. The highest BCUT2D eigenvalue weighted by molar-refractivity contribution is 7.86. The molecule has 0 unspecified atom stereocenters. The van der Waals surface area contributed by atoms with Crippen molar-refractivity contribution in [2.45, 2.75) is 16.0 Å². The van der Waals surface area contributed by atoms with E-state index >= 15 is 0 Å². The van der Waals surface area contributed by atoms with Gasteiger partial charge in [0.15, 0.2) is 0 Å². The number of hydrogen-bond acceptors (Lipinski definition) is 5. The average Bonchev–Trinajstić information content (AvgIpc) is 2.09. The Balaban J connectivity index is 3.72. The van der Waals surface area contributed by atoms with E-state index in [1.54, 1.807) is 0 Å². The van der Waals surface area contributed by atoms with Crippen LogP contribution in [0.1, 0.15) is 5.56 Å². The molecule has 9 nitrogen and oxygen atoms in total. The molecule has 0 radical (unpaired) electrons. The zero-order chi connectivity index (χ0) is 15.9. The van der Waals surface area contributed by atoms with Crippen LogP contribution in [0.3, 0.4) is 0 Å². The van der Waals surface area contributed by atoms with Crippen LogP contribution in [0.25, 0.3) is 0 Å². The van der Waals surface area contributed by atoms with Gasteiger partial charge in [0.1, 0.15) is 10.7 Å². The van der Waals surface area contributed by atoms with Crippen molar-refractivity contribution in [1.29, 1.82) is 0 Å². The molecule has 0 spiro atoms. The quantitative estimate of drug-likeness (QED) is 0.431. The summed E-state index contributed by atoms with van der Waals surface area (Å²) in [7, 11) is -15.0. The Bertz CT molecular complexity index is 792. The van der Waals surface area contributed by atoms with Crippen LogP contribution in [0.4, 0.5) is 4.39 Å². The number of benzene rings is 1. The van der Waals surface area contributed by atoms with E-state index in [-0.39, 0.29) is 12.1 Å². The van der Waals surface area contributed by atoms with Gasteiger partial charge in [-0.2, -0.15) is 16.8 Å². The van der Waals surface area contributed by atoms with Crippen LogP contribution in [0, 0.1) is 5.82 Å². The van der Waals surface area contributed by atoms with E-state index in [9.17, 15) is 25.8 Å². The van der Waals surface area contributed by atoms with Gasteiger partial charge in [-0.1, -0.05) is 0 Å². The highest BCUT2D eigenvalue weighted by Crippen LogP contribution is 2.41. The molecule has 0 saturated carbocycles. The van der Waals surface area contributed by atoms with Gasteiger partial charge in [-0.25, -0.2) is 4.39 Å². The Morgan fingerprint density at radius 1 is 1.00 bits per heavy atom. The molecule has 0 aliphatic heterocycles. The monoisotopic (exact) mass is 350 g/mol. The van der Waals surface area contributed by atoms with E-state index in [4.69, 9.17) is 18.9 Å². The van der Waals surface area contributed by atoms with Crippen LogP contribution in [0.5, 0.6) is 0 Å². The molecule has 1 rings (SSSR count). The molecule has 1 aromatic rings. The third-order valence-corrected chi connectivity index (χ3v) is 4.60. The van der Waals surface area contributed by atoms with Gasteiger partial charge in [-0.15, -0.1) is 0 Å². The lowest BCUT2D eigenvalue weighted by molar-refractivity contribution is 0.371. The van der Waals surface area contributed by atoms with Gasteiger partial charge in [0.25, 0.3) is 20.2 Å². The van der Waals surface area contributed by atoms with Crippen molar-refractivity contribution < 1.29 is 44.7 Å². The minimum absolute atomic E-state index is 0.0744. The zero-order valence-electron chi connectivity index (χ0n) is 9.33. The summed E-state index contributed by atoms with van der Waals surface area (Å²) in [6.07, 6.45) is -1.25. The second-order valence-electron chi connectivity index (χ2n) is 3.66. The second-order valence-corrected chi connectivity index (χ2v) is 8.09. The molecule has 0 aromatic heterocycles. The van der Waals surface area contributed by atoms with E-state index in [1.165, 1.54) is 0 Å². The van der Waals surface area contributed by atoms with Gasteiger partial charge < -0.3 is 9.79 Å². The van der Waals surface area contributed by atoms with E-state index in [0.717, 1.165) is 0 Å². The molecule has 0 bridgehead atoms. The second kappa shape index (κ2) is 5.15. The van der Waals surface area contributed by atoms with Crippen LogP contribution in [0.2, 0.25) is 0 Å². The molecule has 13 heteroatoms. The Kier molecular flexibility index (Phi) is 4.42. The lowest BCUT2D eigenvalue weighted by Gasteiger charge is -2.10. The first-order valence-electron chi connectivity index (χ1n) is 4.54. The summed E-state index contributed by atoms with van der Waals surface area (Å²) < 4.78 is 85.5. The molecule has 0 aliphatic rings. The lowest BCUT2D eigenvalue weighted by atomic mass is 10.2. The summed E-state index contributed by atoms with van der Waals surface area (Å²) in [6.45, 7) is 0. The van der Waals surface area contributed by atoms with E-state index in [0.29, 0.717) is 0 Å². The van der Waals surface area contributed by atoms with Crippen molar-refractivity contribution in [1.82, 2.24) is 0 Å². The zero-order valence-corrected chi connectivity index (χ0v) is 11.9. The van der Waals surface area contributed by atoms with E-state index in [1.807, 2.05) is 0 Å². The first kappa shape index (κ1) is 17.2. The van der Waals surface area contributed by atoms with Crippen molar-refractivity contribution in [3.05, 3.63) is 23.5 Å². The fourth-order valence-corrected chi connectivity index (χ4v) is 3.55. The predicted octanol–water partition coefficient (Wildman–Crippen LogP) is -0.00320. The van der Waals surface area contributed by atoms with Crippen molar-refractivity contribution >= 4 is 27.8 Å². The third-order valence-electron chi connectivity index (χ3n) is 2.05. The maximum atomic E-state index is 13.4. The van der Waals surface area contributed by atoms with Gasteiger partial charge in [0.05, 0.1) is 11.1 Å². The molecule has 1 aromatic carbocycles. The fourth-order valence-electron chi connectivity index (χ4n) is 1.36. The topological polar surface area (TPSA) is 166 Å². The normalized spacial score (nSPS) is 13.4. The highest BCUT2D eigenvalue weighted by Gasteiger charge is 2.27. The smallest absolute Gasteiger partial charge is 0.324 e. The summed E-state index contributed by atoms with van der Waals surface area (Å²) in [6, 6.07) is 0.274. The van der Waals surface area contributed by atoms with Crippen molar-refractivity contribution in [3.63, 3.8) is 0 Å². The minimum Gasteiger partial charge on any atom is -0.324 e. The lowest BCUT2D eigenvalue weighted by Crippen LogP contribution is -2.09. The van der Waals surface area contributed by atoms with E-state index < -0.39 is 55.2 Å². The first-order valence-corrected chi connectivity index (χ1v) is 9.21. The Morgan fingerprint density at radius 2 is 1.45 bits per heavy atom. The predicted molar refractivity (Wildman–Crippen MR) is 61.8 cm³/mol. The largest absolute Gasteiger partial charge is 0.329 e. The number of hydrogen-bond donors (Lipinski definition) is 4. The molecule has 0 heterocycles. The molecular formula is C7H8FO9PS2. The summed E-state index contributed by atoms with van der Waals surface area (Å²) in [5.41, 5.74) is -0.828. The maximum Gasteiger partial charge on any atom is 0.329 e. The van der Waals surface area contributed by atoms with Crippen LogP contribution in [-0.4, -0.2) is 35.7 Å². The van der Waals surface area contributed by atoms with Crippen molar-refractivity contribution in [3.8, 4) is 0 Å². The van der Waals surface area contributed by atoms with Crippen molar-refractivity contribution in [2.24, 2.45) is 0 Å². The number of rotatable bonds is 4. The average molecular weight is 350 g/mol. The summed E-state index contributed by atoms with van der Waals surface area (Å²) >= 11 is 0. The van der Waals surface area contributed by atoms with Gasteiger partial charge >= 0.3 is 7.60 Å². The third kappa shape index (κ3) is 4.31. The van der Waals surface area contributed by atoms with Crippen LogP contribution in [0.15, 0.2) is 21.9 Å². The summed E-state index contributed by atoms with van der Waals surface area (Å²) in [4.78, 5) is 14.8. The van der Waals surface area contributed by atoms with Crippen LogP contribution in [-0.2, 0) is 31.0 Å². The van der Waals surface area contributed by atoms with Gasteiger partial charge in [0.2, 0.25) is 0 Å². The SMILES string of the molecule is O=P(O)(O)Cc1cc(F)c(S(=O)(=O)O)cc1S(=O)(=O)O. The molecule has 0 amide bonds. The highest BCUT2D eigenvalue weighted by atomic mass is 32.2. The standard InChI is InChI=1S/C7H8FO9PS2/c8-5-1-4(3-18(9,10)11)6(19(12,13)14)2-7(5)20(15,16)17/h1-2H,3H2,(H2,9,10,11)(H,12,13,14)(H,15,16,17). The molecule has 4 N–H and O–H groups in total. The summed E-state index contributed by atoms with van der Waals surface area (Å²) in [5, 5.41) is 0. The van der Waals surface area contributed by atoms with Crippen LogP contribution >= 0.6 is 7.60 Å². The molecule has 0 aliphatic carbocycles. The van der Waals surface area contributed by atoms with Crippen molar-refractivity contribution in [2.75, 3.05) is 0 Å². The Labute approximate surface area is 112 Å². The van der Waals surface area contributed by atoms with Crippen LogP contribution < -0.4 is 0 Å². The molecular weight excluding hydrogens is 342 g/mol. The van der Waals surface area contributed by atoms with Gasteiger partial charge in [-0.05, 0) is 17.7 Å².